The number of rotatable bonds is 6. The Hall–Kier alpha value is -2.89. The molecule has 2 aromatic carbocycles. The van der Waals surface area contributed by atoms with E-state index in [1.54, 1.807) is 25.1 Å². The van der Waals surface area contributed by atoms with Crippen molar-refractivity contribution in [2.45, 2.75) is 33.0 Å². The van der Waals surface area contributed by atoms with Gasteiger partial charge >= 0.3 is 5.97 Å². The number of hydrogen-bond acceptors (Lipinski definition) is 4. The first-order valence-corrected chi connectivity index (χ1v) is 7.85. The summed E-state index contributed by atoms with van der Waals surface area (Å²) in [7, 11) is 0. The maximum Gasteiger partial charge on any atom is 0.347 e. The number of aryl methyl sites for hydroxylation is 1. The Morgan fingerprint density at radius 3 is 2.44 bits per heavy atom. The van der Waals surface area contributed by atoms with Crippen molar-refractivity contribution in [3.8, 4) is 5.75 Å². The predicted octanol–water partition coefficient (Wildman–Crippen LogP) is 3.47. The summed E-state index contributed by atoms with van der Waals surface area (Å²) in [6.45, 7) is 4.89. The van der Waals surface area contributed by atoms with E-state index < -0.39 is 29.9 Å². The lowest BCUT2D eigenvalue weighted by Gasteiger charge is -2.18. The van der Waals surface area contributed by atoms with Gasteiger partial charge in [-0.2, -0.15) is 0 Å². The van der Waals surface area contributed by atoms with Gasteiger partial charge in [0, 0.05) is 5.69 Å². The van der Waals surface area contributed by atoms with E-state index in [4.69, 9.17) is 9.47 Å². The molecule has 0 aliphatic carbocycles. The maximum atomic E-state index is 13.1. The summed E-state index contributed by atoms with van der Waals surface area (Å²) in [5.74, 6) is -1.14. The highest BCUT2D eigenvalue weighted by molar-refractivity contribution is 5.95. The quantitative estimate of drug-likeness (QED) is 0.814. The van der Waals surface area contributed by atoms with E-state index in [2.05, 4.69) is 5.32 Å². The molecule has 0 saturated heterocycles. The van der Waals surface area contributed by atoms with Crippen LogP contribution in [0.1, 0.15) is 19.4 Å². The molecule has 132 valence electrons. The van der Waals surface area contributed by atoms with Gasteiger partial charge in [-0.1, -0.05) is 18.2 Å². The number of anilines is 1. The second-order valence-electron chi connectivity index (χ2n) is 5.66. The Morgan fingerprint density at radius 1 is 1.04 bits per heavy atom. The average Bonchev–Trinajstić information content (AvgIpc) is 2.54. The van der Waals surface area contributed by atoms with Crippen LogP contribution in [0.15, 0.2) is 48.5 Å². The van der Waals surface area contributed by atoms with Crippen LogP contribution in [0.2, 0.25) is 0 Å². The van der Waals surface area contributed by atoms with Gasteiger partial charge in [0.05, 0.1) is 0 Å². The lowest BCUT2D eigenvalue weighted by molar-refractivity contribution is -0.159. The van der Waals surface area contributed by atoms with Crippen molar-refractivity contribution in [3.63, 3.8) is 0 Å². The van der Waals surface area contributed by atoms with Crippen LogP contribution in [0.3, 0.4) is 0 Å². The number of esters is 1. The highest BCUT2D eigenvalue weighted by Crippen LogP contribution is 2.15. The zero-order valence-electron chi connectivity index (χ0n) is 14.3. The Balaban J connectivity index is 1.89. The van der Waals surface area contributed by atoms with Crippen molar-refractivity contribution in [1.82, 2.24) is 0 Å². The molecule has 1 N–H and O–H groups in total. The normalized spacial score (nSPS) is 12.8. The Labute approximate surface area is 145 Å². The lowest BCUT2D eigenvalue weighted by Crippen LogP contribution is -2.35. The molecule has 0 radical (unpaired) electrons. The van der Waals surface area contributed by atoms with E-state index in [0.717, 1.165) is 5.56 Å². The number of amides is 1. The zero-order chi connectivity index (χ0) is 18.4. The van der Waals surface area contributed by atoms with Crippen molar-refractivity contribution < 1.29 is 23.5 Å². The van der Waals surface area contributed by atoms with Crippen LogP contribution in [0.5, 0.6) is 5.75 Å². The first-order chi connectivity index (χ1) is 11.8. The third-order valence-corrected chi connectivity index (χ3v) is 3.39. The van der Waals surface area contributed by atoms with E-state index in [0.29, 0.717) is 5.75 Å². The molecule has 0 heterocycles. The fraction of sp³-hybridized carbons (Fsp3) is 0.263. The van der Waals surface area contributed by atoms with E-state index >= 15 is 0 Å². The number of carbonyl (C=O) groups excluding carboxylic acids is 2. The van der Waals surface area contributed by atoms with Crippen molar-refractivity contribution in [1.29, 1.82) is 0 Å². The van der Waals surface area contributed by atoms with Gasteiger partial charge in [-0.05, 0) is 56.7 Å². The third kappa shape index (κ3) is 5.60. The van der Waals surface area contributed by atoms with Crippen LogP contribution < -0.4 is 10.1 Å². The van der Waals surface area contributed by atoms with Crippen LogP contribution >= 0.6 is 0 Å². The number of ether oxygens (including phenoxy) is 2. The van der Waals surface area contributed by atoms with Gasteiger partial charge < -0.3 is 14.8 Å². The summed E-state index contributed by atoms with van der Waals surface area (Å²) < 4.78 is 23.7. The van der Waals surface area contributed by atoms with E-state index in [-0.39, 0.29) is 5.69 Å². The van der Waals surface area contributed by atoms with Crippen LogP contribution in [0.25, 0.3) is 0 Å². The SMILES string of the molecule is Cc1cccc(O[C@H](C)C(=O)O[C@@H](C)C(=O)Nc2cccc(F)c2)c1. The van der Waals surface area contributed by atoms with E-state index in [9.17, 15) is 14.0 Å². The van der Waals surface area contributed by atoms with Crippen molar-refractivity contribution in [3.05, 3.63) is 59.9 Å². The van der Waals surface area contributed by atoms with Gasteiger partial charge in [0.25, 0.3) is 5.91 Å². The standard InChI is InChI=1S/C19H20FNO4/c1-12-6-4-9-17(10-12)24-14(3)19(23)25-13(2)18(22)21-16-8-5-7-15(20)11-16/h4-11,13-14H,1-3H3,(H,21,22)/t13-,14+/m0/s1. The molecule has 5 nitrogen and oxygen atoms in total. The molecule has 2 rings (SSSR count). The summed E-state index contributed by atoms with van der Waals surface area (Å²) in [5, 5.41) is 2.49. The summed E-state index contributed by atoms with van der Waals surface area (Å²) in [6, 6.07) is 12.7. The molecule has 6 heteroatoms. The Bertz CT molecular complexity index is 763. The molecule has 0 bridgehead atoms. The van der Waals surface area contributed by atoms with Gasteiger partial charge in [0.15, 0.2) is 12.2 Å². The molecule has 0 fully saturated rings. The monoisotopic (exact) mass is 345 g/mol. The minimum absolute atomic E-state index is 0.289. The predicted molar refractivity (Wildman–Crippen MR) is 91.9 cm³/mol. The Kier molecular flexibility index (Phi) is 6.11. The fourth-order valence-electron chi connectivity index (χ4n) is 2.07. The fourth-order valence-corrected chi connectivity index (χ4v) is 2.07. The van der Waals surface area contributed by atoms with Crippen LogP contribution in [0, 0.1) is 12.7 Å². The van der Waals surface area contributed by atoms with Crippen molar-refractivity contribution in [2.75, 3.05) is 5.32 Å². The van der Waals surface area contributed by atoms with Crippen molar-refractivity contribution in [2.24, 2.45) is 0 Å². The number of halogens is 1. The lowest BCUT2D eigenvalue weighted by atomic mass is 10.2. The van der Waals surface area contributed by atoms with Crippen molar-refractivity contribution >= 4 is 17.6 Å². The molecular weight excluding hydrogens is 325 g/mol. The molecule has 0 unspecified atom stereocenters. The molecule has 0 spiro atoms. The highest BCUT2D eigenvalue weighted by atomic mass is 19.1. The molecule has 0 aromatic heterocycles. The molecular formula is C19H20FNO4. The number of benzene rings is 2. The molecule has 1 amide bonds. The zero-order valence-corrected chi connectivity index (χ0v) is 14.3. The average molecular weight is 345 g/mol. The van der Waals surface area contributed by atoms with E-state index in [1.807, 2.05) is 19.1 Å². The number of carbonyl (C=O) groups is 2. The second kappa shape index (κ2) is 8.28. The van der Waals surface area contributed by atoms with Gasteiger partial charge in [-0.15, -0.1) is 0 Å². The van der Waals surface area contributed by atoms with Gasteiger partial charge in [-0.25, -0.2) is 9.18 Å². The summed E-state index contributed by atoms with van der Waals surface area (Å²) in [6.07, 6.45) is -1.91. The topological polar surface area (TPSA) is 64.6 Å². The summed E-state index contributed by atoms with van der Waals surface area (Å²) >= 11 is 0. The number of nitrogens with one attached hydrogen (secondary N) is 1. The minimum Gasteiger partial charge on any atom is -0.479 e. The smallest absolute Gasteiger partial charge is 0.347 e. The Morgan fingerprint density at radius 2 is 1.76 bits per heavy atom. The molecule has 0 saturated carbocycles. The van der Waals surface area contributed by atoms with Crippen LogP contribution in [0.4, 0.5) is 10.1 Å². The van der Waals surface area contributed by atoms with Crippen LogP contribution in [-0.4, -0.2) is 24.1 Å². The largest absolute Gasteiger partial charge is 0.479 e. The first kappa shape index (κ1) is 18.4. The molecule has 2 aromatic rings. The molecule has 25 heavy (non-hydrogen) atoms. The van der Waals surface area contributed by atoms with Gasteiger partial charge in [0.1, 0.15) is 11.6 Å². The minimum atomic E-state index is -1.04. The van der Waals surface area contributed by atoms with Gasteiger partial charge in [-0.3, -0.25) is 4.79 Å². The second-order valence-corrected chi connectivity index (χ2v) is 5.66. The van der Waals surface area contributed by atoms with Crippen LogP contribution in [-0.2, 0) is 14.3 Å². The molecule has 0 aliphatic rings. The van der Waals surface area contributed by atoms with E-state index in [1.165, 1.54) is 25.1 Å². The third-order valence-electron chi connectivity index (χ3n) is 3.39. The highest BCUT2D eigenvalue weighted by Gasteiger charge is 2.23. The summed E-state index contributed by atoms with van der Waals surface area (Å²) in [4.78, 5) is 24.1. The number of hydrogen-bond donors (Lipinski definition) is 1. The molecule has 2 atom stereocenters. The maximum absolute atomic E-state index is 13.1. The van der Waals surface area contributed by atoms with Gasteiger partial charge in [0.2, 0.25) is 0 Å². The first-order valence-electron chi connectivity index (χ1n) is 7.85. The molecule has 0 aliphatic heterocycles. The summed E-state index contributed by atoms with van der Waals surface area (Å²) in [5.41, 5.74) is 1.29.